The van der Waals surface area contributed by atoms with E-state index in [1.165, 1.54) is 11.3 Å². The van der Waals surface area contributed by atoms with Crippen molar-refractivity contribution >= 4 is 29.0 Å². The van der Waals surface area contributed by atoms with Crippen LogP contribution in [-0.2, 0) is 17.8 Å². The van der Waals surface area contributed by atoms with Crippen LogP contribution < -0.4 is 10.8 Å². The van der Waals surface area contributed by atoms with Crippen LogP contribution in [0.25, 0.3) is 0 Å². The van der Waals surface area contributed by atoms with Gasteiger partial charge in [0.1, 0.15) is 10.7 Å². The Labute approximate surface area is 163 Å². The van der Waals surface area contributed by atoms with Crippen molar-refractivity contribution < 1.29 is 14.4 Å². The Bertz CT molecular complexity index is 776. The summed E-state index contributed by atoms with van der Waals surface area (Å²) in [6.07, 6.45) is 0.836. The third kappa shape index (κ3) is 5.77. The molecule has 1 aromatic heterocycles. The molecule has 1 aromatic carbocycles. The van der Waals surface area contributed by atoms with Crippen LogP contribution in [0.2, 0.25) is 0 Å². The molecule has 2 aromatic rings. The van der Waals surface area contributed by atoms with Crippen molar-refractivity contribution in [3.05, 3.63) is 45.9 Å². The van der Waals surface area contributed by atoms with Crippen molar-refractivity contribution in [2.45, 2.75) is 46.7 Å². The first-order valence-corrected chi connectivity index (χ1v) is 9.86. The van der Waals surface area contributed by atoms with Gasteiger partial charge in [-0.25, -0.2) is 15.3 Å². The number of aromatic nitrogens is 1. The van der Waals surface area contributed by atoms with Crippen molar-refractivity contribution in [2.24, 2.45) is 0 Å². The number of nitrogens with zero attached hydrogens (tertiary/aromatic N) is 2. The number of hydrogen-bond donors (Lipinski definition) is 2. The van der Waals surface area contributed by atoms with Crippen LogP contribution in [0.4, 0.5) is 10.5 Å². The van der Waals surface area contributed by atoms with Crippen LogP contribution in [0, 0.1) is 0 Å². The first kappa shape index (κ1) is 20.9. The summed E-state index contributed by atoms with van der Waals surface area (Å²) >= 11 is 1.34. The Morgan fingerprint density at radius 3 is 2.67 bits per heavy atom. The van der Waals surface area contributed by atoms with Gasteiger partial charge in [0.15, 0.2) is 0 Å². The molecular formula is C19H26N4O3S. The maximum atomic E-state index is 12.8. The van der Waals surface area contributed by atoms with Gasteiger partial charge < -0.3 is 10.2 Å². The van der Waals surface area contributed by atoms with Gasteiger partial charge in [0.05, 0.1) is 13.2 Å². The topological polar surface area (TPSA) is 83.6 Å². The molecule has 2 N–H and O–H groups in total. The summed E-state index contributed by atoms with van der Waals surface area (Å²) in [5.41, 5.74) is 4.49. The van der Waals surface area contributed by atoms with Crippen molar-refractivity contribution in [3.8, 4) is 0 Å². The van der Waals surface area contributed by atoms with Gasteiger partial charge in [-0.3, -0.25) is 9.63 Å². The molecule has 0 bridgehead atoms. The minimum absolute atomic E-state index is 0.0246. The minimum atomic E-state index is -0.392. The molecule has 27 heavy (non-hydrogen) atoms. The van der Waals surface area contributed by atoms with Gasteiger partial charge in [-0.2, -0.15) is 0 Å². The molecule has 8 heteroatoms. The minimum Gasteiger partial charge on any atom is -0.315 e. The summed E-state index contributed by atoms with van der Waals surface area (Å²) in [4.78, 5) is 35.6. The van der Waals surface area contributed by atoms with E-state index in [4.69, 9.17) is 4.84 Å². The first-order chi connectivity index (χ1) is 13.0. The number of benzene rings is 1. The van der Waals surface area contributed by atoms with E-state index in [1.807, 2.05) is 38.1 Å². The van der Waals surface area contributed by atoms with Crippen molar-refractivity contribution in [1.82, 2.24) is 15.4 Å². The monoisotopic (exact) mass is 390 g/mol. The number of carbonyl (C=O) groups is 2. The largest absolute Gasteiger partial charge is 0.322 e. The smallest absolute Gasteiger partial charge is 0.315 e. The molecule has 0 aliphatic carbocycles. The maximum absolute atomic E-state index is 12.8. The van der Waals surface area contributed by atoms with Gasteiger partial charge in [-0.1, -0.05) is 25.1 Å². The molecule has 0 radical (unpaired) electrons. The predicted molar refractivity (Wildman–Crippen MR) is 107 cm³/mol. The van der Waals surface area contributed by atoms with Crippen LogP contribution in [0.15, 0.2) is 29.6 Å². The van der Waals surface area contributed by atoms with E-state index < -0.39 is 5.91 Å². The molecule has 1 heterocycles. The first-order valence-electron chi connectivity index (χ1n) is 8.98. The Kier molecular flexibility index (Phi) is 7.75. The fourth-order valence-electron chi connectivity index (χ4n) is 2.45. The second-order valence-electron chi connectivity index (χ2n) is 6.15. The van der Waals surface area contributed by atoms with E-state index in [1.54, 1.807) is 17.2 Å². The fraction of sp³-hybridized carbons (Fsp3) is 0.421. The zero-order chi connectivity index (χ0) is 19.8. The van der Waals surface area contributed by atoms with Crippen LogP contribution in [0.3, 0.4) is 0 Å². The summed E-state index contributed by atoms with van der Waals surface area (Å²) in [6, 6.07) is 7.54. The van der Waals surface area contributed by atoms with Crippen LogP contribution >= 0.6 is 11.3 Å². The second kappa shape index (κ2) is 10.0. The Morgan fingerprint density at radius 2 is 2.00 bits per heavy atom. The number of amides is 3. The summed E-state index contributed by atoms with van der Waals surface area (Å²) in [5.74, 6) is -0.392. The highest BCUT2D eigenvalue weighted by molar-refractivity contribution is 7.09. The molecule has 0 unspecified atom stereocenters. The third-order valence-corrected chi connectivity index (χ3v) is 4.76. The molecule has 0 spiro atoms. The lowest BCUT2D eigenvalue weighted by Gasteiger charge is -2.26. The van der Waals surface area contributed by atoms with E-state index in [0.29, 0.717) is 18.2 Å². The SMILES string of the molecule is CCONC(=O)c1csc(CN(C(=O)Nc2ccccc2CC)C(C)C)n1. The summed E-state index contributed by atoms with van der Waals surface area (Å²) in [5, 5.41) is 5.33. The number of hydroxylamine groups is 1. The van der Waals surface area contributed by atoms with E-state index in [2.05, 4.69) is 22.7 Å². The highest BCUT2D eigenvalue weighted by Crippen LogP contribution is 2.19. The molecule has 0 aliphatic rings. The highest BCUT2D eigenvalue weighted by atomic mass is 32.1. The molecule has 0 fully saturated rings. The lowest BCUT2D eigenvalue weighted by molar-refractivity contribution is 0.0360. The van der Waals surface area contributed by atoms with Gasteiger partial charge in [0, 0.05) is 17.1 Å². The summed E-state index contributed by atoms with van der Waals surface area (Å²) in [7, 11) is 0. The van der Waals surface area contributed by atoms with E-state index in [9.17, 15) is 9.59 Å². The molecule has 0 saturated heterocycles. The zero-order valence-corrected chi connectivity index (χ0v) is 16.9. The standard InChI is InChI=1S/C19H26N4O3S/c1-5-14-9-7-8-10-15(14)21-19(25)23(13(3)4)11-17-20-16(12-27-17)18(24)22-26-6-2/h7-10,12-13H,5-6,11H2,1-4H3,(H,21,25)(H,22,24). The number of urea groups is 1. The van der Waals surface area contributed by atoms with E-state index in [0.717, 1.165) is 17.7 Å². The molecule has 7 nitrogen and oxygen atoms in total. The quantitative estimate of drug-likeness (QED) is 0.671. The number of aryl methyl sites for hydroxylation is 1. The molecule has 146 valence electrons. The van der Waals surface area contributed by atoms with Gasteiger partial charge >= 0.3 is 6.03 Å². The van der Waals surface area contributed by atoms with Crippen LogP contribution in [0.1, 0.15) is 48.8 Å². The van der Waals surface area contributed by atoms with Crippen LogP contribution in [-0.4, -0.2) is 34.5 Å². The molecule has 3 amide bonds. The average molecular weight is 391 g/mol. The van der Waals surface area contributed by atoms with Crippen molar-refractivity contribution in [2.75, 3.05) is 11.9 Å². The molecular weight excluding hydrogens is 364 g/mol. The molecule has 0 saturated carbocycles. The number of nitrogens with one attached hydrogen (secondary N) is 2. The Morgan fingerprint density at radius 1 is 1.26 bits per heavy atom. The fourth-order valence-corrected chi connectivity index (χ4v) is 3.22. The number of rotatable bonds is 8. The number of anilines is 1. The maximum Gasteiger partial charge on any atom is 0.322 e. The van der Waals surface area contributed by atoms with E-state index in [-0.39, 0.29) is 17.8 Å². The summed E-state index contributed by atoms with van der Waals surface area (Å²) < 4.78 is 0. The van der Waals surface area contributed by atoms with Gasteiger partial charge in [-0.05, 0) is 38.8 Å². The highest BCUT2D eigenvalue weighted by Gasteiger charge is 2.20. The van der Waals surface area contributed by atoms with E-state index >= 15 is 0 Å². The zero-order valence-electron chi connectivity index (χ0n) is 16.1. The third-order valence-electron chi connectivity index (χ3n) is 3.92. The number of para-hydroxylation sites is 1. The molecule has 0 atom stereocenters. The van der Waals surface area contributed by atoms with Gasteiger partial charge in [0.2, 0.25) is 0 Å². The van der Waals surface area contributed by atoms with Gasteiger partial charge in [-0.15, -0.1) is 11.3 Å². The average Bonchev–Trinajstić information content (AvgIpc) is 3.13. The summed E-state index contributed by atoms with van der Waals surface area (Å²) in [6.45, 7) is 8.43. The van der Waals surface area contributed by atoms with Crippen LogP contribution in [0.5, 0.6) is 0 Å². The number of thiazole rings is 1. The molecule has 0 aliphatic heterocycles. The second-order valence-corrected chi connectivity index (χ2v) is 7.10. The lowest BCUT2D eigenvalue weighted by atomic mass is 10.1. The lowest BCUT2D eigenvalue weighted by Crippen LogP contribution is -2.39. The predicted octanol–water partition coefficient (Wildman–Crippen LogP) is 3.83. The van der Waals surface area contributed by atoms with Crippen molar-refractivity contribution in [3.63, 3.8) is 0 Å². The Balaban J connectivity index is 2.08. The molecule has 2 rings (SSSR count). The Hall–Kier alpha value is -2.45. The number of carbonyl (C=O) groups excluding carboxylic acids is 2. The van der Waals surface area contributed by atoms with Gasteiger partial charge in [0.25, 0.3) is 5.91 Å². The normalized spacial score (nSPS) is 10.7. The number of hydrogen-bond acceptors (Lipinski definition) is 5. The van der Waals surface area contributed by atoms with Crippen molar-refractivity contribution in [1.29, 1.82) is 0 Å².